The van der Waals surface area contributed by atoms with Crippen molar-refractivity contribution in [2.45, 2.75) is 19.0 Å². The Hall–Kier alpha value is -1.44. The number of aromatic amines is 1. The second-order valence-electron chi connectivity index (χ2n) is 5.25. The van der Waals surface area contributed by atoms with Gasteiger partial charge in [-0.05, 0) is 6.92 Å². The van der Waals surface area contributed by atoms with Gasteiger partial charge in [0.1, 0.15) is 0 Å². The minimum absolute atomic E-state index is 0.00556. The molecule has 3 rings (SSSR count). The lowest BCUT2D eigenvalue weighted by atomic mass is 10.1. The first-order valence-electron chi connectivity index (χ1n) is 6.96. The van der Waals surface area contributed by atoms with Gasteiger partial charge in [-0.25, -0.2) is 4.98 Å². The molecule has 20 heavy (non-hydrogen) atoms. The van der Waals surface area contributed by atoms with Crippen LogP contribution in [0.4, 0.5) is 0 Å². The maximum atomic E-state index is 12.1. The molecule has 0 saturated carbocycles. The monoisotopic (exact) mass is 280 g/mol. The third-order valence-electron chi connectivity index (χ3n) is 3.80. The Morgan fingerprint density at radius 2 is 2.20 bits per heavy atom. The fourth-order valence-electron chi connectivity index (χ4n) is 2.71. The molecule has 1 aromatic rings. The van der Waals surface area contributed by atoms with E-state index in [2.05, 4.69) is 20.2 Å². The van der Waals surface area contributed by atoms with Crippen molar-refractivity contribution in [2.24, 2.45) is 0 Å². The Morgan fingerprint density at radius 1 is 1.40 bits per heavy atom. The van der Waals surface area contributed by atoms with E-state index in [1.807, 2.05) is 6.92 Å². The molecule has 110 valence electrons. The SMILES string of the molecule is Cc1cnc(C(=O)N[C@@H]2COC[C@H]2N2CCOCC2)[nH]1. The lowest BCUT2D eigenvalue weighted by molar-refractivity contribution is 0.0108. The Labute approximate surface area is 117 Å². The van der Waals surface area contributed by atoms with Crippen molar-refractivity contribution in [1.29, 1.82) is 0 Å². The Kier molecular flexibility index (Phi) is 4.00. The van der Waals surface area contributed by atoms with E-state index >= 15 is 0 Å². The molecule has 2 atom stereocenters. The third-order valence-corrected chi connectivity index (χ3v) is 3.80. The molecule has 2 fully saturated rings. The van der Waals surface area contributed by atoms with Crippen LogP contribution in [0.15, 0.2) is 6.20 Å². The van der Waals surface area contributed by atoms with Crippen LogP contribution in [0.2, 0.25) is 0 Å². The molecule has 0 unspecified atom stereocenters. The number of hydrogen-bond donors (Lipinski definition) is 2. The number of nitrogens with zero attached hydrogens (tertiary/aromatic N) is 2. The van der Waals surface area contributed by atoms with Crippen LogP contribution in [0.5, 0.6) is 0 Å². The fraction of sp³-hybridized carbons (Fsp3) is 0.692. The normalized spacial score (nSPS) is 27.6. The van der Waals surface area contributed by atoms with Crippen molar-refractivity contribution in [1.82, 2.24) is 20.2 Å². The van der Waals surface area contributed by atoms with Crippen LogP contribution in [-0.2, 0) is 9.47 Å². The molecule has 3 heterocycles. The molecule has 0 spiro atoms. The number of carbonyl (C=O) groups excluding carboxylic acids is 1. The summed E-state index contributed by atoms with van der Waals surface area (Å²) in [5.41, 5.74) is 0.877. The number of rotatable bonds is 3. The van der Waals surface area contributed by atoms with Crippen molar-refractivity contribution in [3.05, 3.63) is 17.7 Å². The number of imidazole rings is 1. The number of hydrogen-bond acceptors (Lipinski definition) is 5. The predicted molar refractivity (Wildman–Crippen MR) is 71.6 cm³/mol. The molecular weight excluding hydrogens is 260 g/mol. The van der Waals surface area contributed by atoms with Gasteiger partial charge < -0.3 is 19.8 Å². The van der Waals surface area contributed by atoms with Crippen LogP contribution in [0, 0.1) is 6.92 Å². The maximum absolute atomic E-state index is 12.1. The molecule has 2 aliphatic rings. The highest BCUT2D eigenvalue weighted by Gasteiger charge is 2.35. The van der Waals surface area contributed by atoms with Gasteiger partial charge in [0, 0.05) is 25.0 Å². The molecule has 0 aliphatic carbocycles. The molecule has 0 aromatic carbocycles. The maximum Gasteiger partial charge on any atom is 0.287 e. The lowest BCUT2D eigenvalue weighted by Crippen LogP contribution is -2.54. The summed E-state index contributed by atoms with van der Waals surface area (Å²) >= 11 is 0. The number of ether oxygens (including phenoxy) is 2. The van der Waals surface area contributed by atoms with Crippen molar-refractivity contribution in [2.75, 3.05) is 39.5 Å². The van der Waals surface area contributed by atoms with E-state index in [1.54, 1.807) is 6.20 Å². The number of carbonyl (C=O) groups is 1. The summed E-state index contributed by atoms with van der Waals surface area (Å²) in [6, 6.07) is 0.227. The minimum Gasteiger partial charge on any atom is -0.379 e. The van der Waals surface area contributed by atoms with Gasteiger partial charge in [-0.3, -0.25) is 9.69 Å². The topological polar surface area (TPSA) is 79.5 Å². The average molecular weight is 280 g/mol. The zero-order valence-corrected chi connectivity index (χ0v) is 11.6. The van der Waals surface area contributed by atoms with Gasteiger partial charge in [-0.2, -0.15) is 0 Å². The van der Waals surface area contributed by atoms with Gasteiger partial charge in [0.05, 0.1) is 38.5 Å². The van der Waals surface area contributed by atoms with E-state index in [4.69, 9.17) is 9.47 Å². The third kappa shape index (κ3) is 2.84. The first-order valence-corrected chi connectivity index (χ1v) is 6.96. The zero-order valence-electron chi connectivity index (χ0n) is 11.6. The van der Waals surface area contributed by atoms with Gasteiger partial charge in [0.15, 0.2) is 5.82 Å². The first kappa shape index (κ1) is 13.5. The summed E-state index contributed by atoms with van der Waals surface area (Å²) in [4.78, 5) is 21.5. The summed E-state index contributed by atoms with van der Waals surface area (Å²) in [5.74, 6) is 0.182. The smallest absolute Gasteiger partial charge is 0.287 e. The lowest BCUT2D eigenvalue weighted by Gasteiger charge is -2.34. The molecule has 0 radical (unpaired) electrons. The summed E-state index contributed by atoms with van der Waals surface area (Å²) in [6.45, 7) is 6.35. The van der Waals surface area contributed by atoms with E-state index in [1.165, 1.54) is 0 Å². The number of aromatic nitrogens is 2. The van der Waals surface area contributed by atoms with Crippen LogP contribution >= 0.6 is 0 Å². The number of amides is 1. The highest BCUT2D eigenvalue weighted by atomic mass is 16.5. The average Bonchev–Trinajstić information content (AvgIpc) is 3.09. The predicted octanol–water partition coefficient (Wildman–Crippen LogP) is -0.452. The van der Waals surface area contributed by atoms with Crippen molar-refractivity contribution >= 4 is 5.91 Å². The highest BCUT2D eigenvalue weighted by molar-refractivity contribution is 5.90. The molecule has 7 nitrogen and oxygen atoms in total. The van der Waals surface area contributed by atoms with E-state index in [-0.39, 0.29) is 18.0 Å². The molecular formula is C13H20N4O3. The summed E-state index contributed by atoms with van der Waals surface area (Å²) < 4.78 is 10.9. The van der Waals surface area contributed by atoms with Gasteiger partial charge in [0.25, 0.3) is 5.91 Å². The number of morpholine rings is 1. The second kappa shape index (κ2) is 5.90. The summed E-state index contributed by atoms with van der Waals surface area (Å²) in [7, 11) is 0. The molecule has 0 bridgehead atoms. The van der Waals surface area contributed by atoms with E-state index < -0.39 is 0 Å². The van der Waals surface area contributed by atoms with Crippen LogP contribution in [0.25, 0.3) is 0 Å². The molecule has 1 aromatic heterocycles. The van der Waals surface area contributed by atoms with E-state index in [0.717, 1.165) is 32.0 Å². The van der Waals surface area contributed by atoms with Crippen molar-refractivity contribution in [3.63, 3.8) is 0 Å². The van der Waals surface area contributed by atoms with Crippen LogP contribution < -0.4 is 5.32 Å². The van der Waals surface area contributed by atoms with Gasteiger partial charge in [0.2, 0.25) is 0 Å². The number of nitrogens with one attached hydrogen (secondary N) is 2. The summed E-state index contributed by atoms with van der Waals surface area (Å²) in [5, 5.41) is 3.02. The number of H-pyrrole nitrogens is 1. The van der Waals surface area contributed by atoms with Gasteiger partial charge >= 0.3 is 0 Å². The van der Waals surface area contributed by atoms with Gasteiger partial charge in [-0.1, -0.05) is 0 Å². The van der Waals surface area contributed by atoms with Crippen LogP contribution in [0.3, 0.4) is 0 Å². The molecule has 7 heteroatoms. The fourth-order valence-corrected chi connectivity index (χ4v) is 2.71. The quantitative estimate of drug-likeness (QED) is 0.784. The Balaban J connectivity index is 1.62. The van der Waals surface area contributed by atoms with Crippen molar-refractivity contribution in [3.8, 4) is 0 Å². The first-order chi connectivity index (χ1) is 9.74. The molecule has 2 N–H and O–H groups in total. The zero-order chi connectivity index (χ0) is 13.9. The largest absolute Gasteiger partial charge is 0.379 e. The van der Waals surface area contributed by atoms with Gasteiger partial charge in [-0.15, -0.1) is 0 Å². The Bertz CT molecular complexity index is 470. The molecule has 2 aliphatic heterocycles. The summed E-state index contributed by atoms with van der Waals surface area (Å²) in [6.07, 6.45) is 1.65. The standard InChI is InChI=1S/C13H20N4O3/c1-9-6-14-12(15-9)13(18)16-10-7-20-8-11(10)17-2-4-19-5-3-17/h6,10-11H,2-5,7-8H2,1H3,(H,14,15)(H,16,18)/t10-,11-/m1/s1. The van der Waals surface area contributed by atoms with E-state index in [9.17, 15) is 4.79 Å². The second-order valence-corrected chi connectivity index (χ2v) is 5.25. The number of aryl methyl sites for hydroxylation is 1. The molecule has 2 saturated heterocycles. The van der Waals surface area contributed by atoms with Crippen LogP contribution in [-0.4, -0.2) is 72.4 Å². The molecule has 1 amide bonds. The van der Waals surface area contributed by atoms with Crippen LogP contribution in [0.1, 0.15) is 16.3 Å². The Morgan fingerprint density at radius 3 is 2.90 bits per heavy atom. The van der Waals surface area contributed by atoms with E-state index in [0.29, 0.717) is 19.0 Å². The highest BCUT2D eigenvalue weighted by Crippen LogP contribution is 2.15. The van der Waals surface area contributed by atoms with Crippen molar-refractivity contribution < 1.29 is 14.3 Å². The minimum atomic E-state index is -0.174.